The van der Waals surface area contributed by atoms with Crippen LogP contribution in [0.5, 0.6) is 0 Å². The highest BCUT2D eigenvalue weighted by Crippen LogP contribution is 2.27. The van der Waals surface area contributed by atoms with E-state index in [1.165, 1.54) is 29.7 Å². The Morgan fingerprint density at radius 1 is 1.37 bits per heavy atom. The van der Waals surface area contributed by atoms with E-state index in [1.54, 1.807) is 18.2 Å². The van der Waals surface area contributed by atoms with Crippen molar-refractivity contribution < 1.29 is 12.8 Å². The lowest BCUT2D eigenvalue weighted by molar-refractivity contribution is 0.406. The first-order valence-corrected chi connectivity index (χ1v) is 7.96. The van der Waals surface area contributed by atoms with E-state index in [9.17, 15) is 8.42 Å². The summed E-state index contributed by atoms with van der Waals surface area (Å²) in [6.45, 7) is 0.176. The van der Waals surface area contributed by atoms with Gasteiger partial charge in [0.05, 0.1) is 22.7 Å². The molecule has 0 N–H and O–H groups in total. The number of rotatable bonds is 4. The molecule has 102 valence electrons. The van der Waals surface area contributed by atoms with Crippen LogP contribution in [-0.2, 0) is 16.6 Å². The summed E-state index contributed by atoms with van der Waals surface area (Å²) in [7, 11) is -2.07. The quantitative estimate of drug-likeness (QED) is 0.834. The molecule has 0 bridgehead atoms. The molecule has 0 aliphatic carbocycles. The van der Waals surface area contributed by atoms with Gasteiger partial charge in [-0.15, -0.1) is 0 Å². The monoisotopic (exact) mass is 363 g/mol. The molecule has 0 fully saturated rings. The van der Waals surface area contributed by atoms with Crippen molar-refractivity contribution in [3.8, 4) is 0 Å². The van der Waals surface area contributed by atoms with Gasteiger partial charge in [-0.2, -0.15) is 4.31 Å². The third kappa shape index (κ3) is 3.20. The van der Waals surface area contributed by atoms with E-state index in [-0.39, 0.29) is 11.4 Å². The number of furan rings is 1. The number of hydrogen-bond donors (Lipinski definition) is 0. The first kappa shape index (κ1) is 14.6. The Balaban J connectivity index is 2.28. The lowest BCUT2D eigenvalue weighted by Crippen LogP contribution is -2.26. The lowest BCUT2D eigenvalue weighted by atomic mass is 10.4. The molecule has 0 aliphatic heterocycles. The van der Waals surface area contributed by atoms with E-state index in [0.717, 1.165) is 0 Å². The van der Waals surface area contributed by atoms with Gasteiger partial charge in [0.25, 0.3) is 0 Å². The third-order valence-corrected chi connectivity index (χ3v) is 5.57. The fraction of sp³-hybridized carbons (Fsp3) is 0.167. The van der Waals surface area contributed by atoms with Crippen LogP contribution in [0.15, 0.2) is 50.4 Å². The molecule has 2 aromatic rings. The minimum Gasteiger partial charge on any atom is -0.468 e. The summed E-state index contributed by atoms with van der Waals surface area (Å²) in [5.41, 5.74) is 0. The van der Waals surface area contributed by atoms with E-state index in [0.29, 0.717) is 15.3 Å². The second kappa shape index (κ2) is 5.66. The summed E-state index contributed by atoms with van der Waals surface area (Å²) in [5, 5.41) is 0.465. The van der Waals surface area contributed by atoms with E-state index in [2.05, 4.69) is 15.9 Å². The smallest absolute Gasteiger partial charge is 0.243 e. The third-order valence-electron chi connectivity index (χ3n) is 2.56. The van der Waals surface area contributed by atoms with Gasteiger partial charge in [0, 0.05) is 11.5 Å². The first-order chi connectivity index (χ1) is 8.91. The minimum atomic E-state index is -3.57. The van der Waals surface area contributed by atoms with E-state index < -0.39 is 10.0 Å². The highest BCUT2D eigenvalue weighted by Gasteiger charge is 2.22. The Kier molecular flexibility index (Phi) is 4.35. The topological polar surface area (TPSA) is 50.5 Å². The molecule has 0 aliphatic rings. The summed E-state index contributed by atoms with van der Waals surface area (Å²) in [6, 6.07) is 7.94. The zero-order valence-electron chi connectivity index (χ0n) is 10.0. The number of sulfonamides is 1. The standard InChI is InChI=1S/C12H11BrClNO3S/c1-15(8-9-3-2-6-18-9)19(16,17)10-4-5-12(14)11(13)7-10/h2-7H,8H2,1H3. The molecule has 0 saturated heterocycles. The maximum absolute atomic E-state index is 12.3. The van der Waals surface area contributed by atoms with Crippen molar-refractivity contribution in [3.63, 3.8) is 0 Å². The van der Waals surface area contributed by atoms with Crippen LogP contribution in [0.3, 0.4) is 0 Å². The molecule has 2 rings (SSSR count). The van der Waals surface area contributed by atoms with Crippen LogP contribution in [0.25, 0.3) is 0 Å². The van der Waals surface area contributed by atoms with Crippen molar-refractivity contribution in [2.24, 2.45) is 0 Å². The van der Waals surface area contributed by atoms with Crippen LogP contribution in [0.1, 0.15) is 5.76 Å². The van der Waals surface area contributed by atoms with Gasteiger partial charge in [0.15, 0.2) is 0 Å². The number of benzene rings is 1. The Morgan fingerprint density at radius 3 is 2.68 bits per heavy atom. The van der Waals surface area contributed by atoms with Crippen LogP contribution < -0.4 is 0 Å². The molecule has 4 nitrogen and oxygen atoms in total. The second-order valence-electron chi connectivity index (χ2n) is 3.92. The highest BCUT2D eigenvalue weighted by atomic mass is 79.9. The fourth-order valence-electron chi connectivity index (χ4n) is 1.52. The van der Waals surface area contributed by atoms with Crippen molar-refractivity contribution in [1.29, 1.82) is 0 Å². The normalized spacial score (nSPS) is 12.0. The van der Waals surface area contributed by atoms with Gasteiger partial charge in [-0.25, -0.2) is 8.42 Å². The predicted octanol–water partition coefficient (Wildman–Crippen LogP) is 3.52. The van der Waals surface area contributed by atoms with Crippen molar-refractivity contribution >= 4 is 37.6 Å². The lowest BCUT2D eigenvalue weighted by Gasteiger charge is -2.16. The van der Waals surface area contributed by atoms with Crippen LogP contribution in [0.4, 0.5) is 0 Å². The number of hydrogen-bond acceptors (Lipinski definition) is 3. The molecule has 0 atom stereocenters. The van der Waals surface area contributed by atoms with Crippen molar-refractivity contribution in [2.75, 3.05) is 7.05 Å². The van der Waals surface area contributed by atoms with Crippen molar-refractivity contribution in [1.82, 2.24) is 4.31 Å². The molecule has 0 spiro atoms. The van der Waals surface area contributed by atoms with Crippen LogP contribution in [-0.4, -0.2) is 19.8 Å². The number of halogens is 2. The Bertz CT molecular complexity index is 670. The van der Waals surface area contributed by atoms with E-state index >= 15 is 0 Å². The summed E-state index contributed by atoms with van der Waals surface area (Å²) in [6.07, 6.45) is 1.51. The molecule has 1 aromatic heterocycles. The Hall–Kier alpha value is -0.820. The Morgan fingerprint density at radius 2 is 2.11 bits per heavy atom. The largest absolute Gasteiger partial charge is 0.468 e. The highest BCUT2D eigenvalue weighted by molar-refractivity contribution is 9.10. The van der Waals surface area contributed by atoms with Crippen LogP contribution in [0.2, 0.25) is 5.02 Å². The maximum atomic E-state index is 12.3. The molecule has 19 heavy (non-hydrogen) atoms. The number of nitrogens with zero attached hydrogens (tertiary/aromatic N) is 1. The minimum absolute atomic E-state index is 0.176. The maximum Gasteiger partial charge on any atom is 0.243 e. The zero-order chi connectivity index (χ0) is 14.0. The average Bonchev–Trinajstić information content (AvgIpc) is 2.85. The summed E-state index contributed by atoms with van der Waals surface area (Å²) < 4.78 is 31.6. The van der Waals surface area contributed by atoms with Crippen LogP contribution in [0, 0.1) is 0 Å². The summed E-state index contributed by atoms with van der Waals surface area (Å²) >= 11 is 9.07. The van der Waals surface area contributed by atoms with Gasteiger partial charge >= 0.3 is 0 Å². The van der Waals surface area contributed by atoms with Crippen LogP contribution >= 0.6 is 27.5 Å². The van der Waals surface area contributed by atoms with Gasteiger partial charge in [-0.3, -0.25) is 0 Å². The molecular weight excluding hydrogens is 354 g/mol. The van der Waals surface area contributed by atoms with Gasteiger partial charge in [0.1, 0.15) is 5.76 Å². The zero-order valence-corrected chi connectivity index (χ0v) is 13.2. The summed E-state index contributed by atoms with van der Waals surface area (Å²) in [5.74, 6) is 0.583. The van der Waals surface area contributed by atoms with Gasteiger partial charge in [-0.05, 0) is 46.3 Å². The molecule has 7 heteroatoms. The molecule has 0 radical (unpaired) electrons. The second-order valence-corrected chi connectivity index (χ2v) is 7.22. The SMILES string of the molecule is CN(Cc1ccco1)S(=O)(=O)c1ccc(Cl)c(Br)c1. The van der Waals surface area contributed by atoms with Gasteiger partial charge in [-0.1, -0.05) is 11.6 Å². The van der Waals surface area contributed by atoms with Crippen molar-refractivity contribution in [3.05, 3.63) is 51.9 Å². The Labute approximate surface area is 125 Å². The predicted molar refractivity (Wildman–Crippen MR) is 76.5 cm³/mol. The van der Waals surface area contributed by atoms with Crippen molar-refractivity contribution in [2.45, 2.75) is 11.4 Å². The average molecular weight is 365 g/mol. The van der Waals surface area contributed by atoms with Gasteiger partial charge < -0.3 is 4.42 Å². The molecule has 0 amide bonds. The van der Waals surface area contributed by atoms with E-state index in [1.807, 2.05) is 0 Å². The molecule has 0 saturated carbocycles. The fourth-order valence-corrected chi connectivity index (χ4v) is 3.34. The van der Waals surface area contributed by atoms with Gasteiger partial charge in [0.2, 0.25) is 10.0 Å². The molecule has 1 heterocycles. The molecule has 0 unspecified atom stereocenters. The molecule has 1 aromatic carbocycles. The van der Waals surface area contributed by atoms with E-state index in [4.69, 9.17) is 16.0 Å². The first-order valence-electron chi connectivity index (χ1n) is 5.35. The summed E-state index contributed by atoms with van der Waals surface area (Å²) in [4.78, 5) is 0.179. The molecular formula is C12H11BrClNO3S.